The first-order chi connectivity index (χ1) is 16.4. The van der Waals surface area contributed by atoms with Gasteiger partial charge >= 0.3 is 0 Å². The minimum absolute atomic E-state index is 0.469. The van der Waals surface area contributed by atoms with Gasteiger partial charge < -0.3 is 15.0 Å². The third kappa shape index (κ3) is 3.79. The van der Waals surface area contributed by atoms with E-state index in [1.165, 1.54) is 0 Å². The number of carbonyl (C=O) groups is 1. The number of benzene rings is 4. The van der Waals surface area contributed by atoms with Crippen LogP contribution >= 0.6 is 23.2 Å². The second-order valence-corrected chi connectivity index (χ2v) is 9.07. The smallest absolute Gasteiger partial charge is 0.249 e. The van der Waals surface area contributed by atoms with Crippen LogP contribution in [0.15, 0.2) is 66.7 Å². The van der Waals surface area contributed by atoms with Crippen molar-refractivity contribution < 1.29 is 9.53 Å². The molecule has 1 radical (unpaired) electrons. The third-order valence-electron chi connectivity index (χ3n) is 6.10. The van der Waals surface area contributed by atoms with E-state index in [0.29, 0.717) is 22.2 Å². The number of ether oxygens (including phenoxy) is 1. The van der Waals surface area contributed by atoms with E-state index in [1.54, 1.807) is 19.2 Å². The molecule has 0 fully saturated rings. The van der Waals surface area contributed by atoms with Gasteiger partial charge in [-0.1, -0.05) is 47.5 Å². The molecule has 5 rings (SSSR count). The summed E-state index contributed by atoms with van der Waals surface area (Å²) in [4.78, 5) is 12.3. The first-order valence-corrected chi connectivity index (χ1v) is 11.5. The number of aromatic nitrogens is 1. The number of hydrogen-bond acceptors (Lipinski definition) is 2. The number of fused-ring (bicyclic) bond motifs is 3. The Morgan fingerprint density at radius 3 is 2.59 bits per heavy atom. The molecule has 0 aliphatic heterocycles. The van der Waals surface area contributed by atoms with Crippen LogP contribution in [0.4, 0.5) is 0 Å². The fraction of sp³-hybridized carbons (Fsp3) is 0.107. The van der Waals surface area contributed by atoms with Crippen LogP contribution in [-0.2, 0) is 6.54 Å². The molecule has 0 aliphatic rings. The monoisotopic (exact) mass is 487 g/mol. The molecule has 169 valence electrons. The molecule has 6 heteroatoms. The van der Waals surface area contributed by atoms with Crippen LogP contribution in [0.2, 0.25) is 10.0 Å². The summed E-state index contributed by atoms with van der Waals surface area (Å²) in [5.41, 5.74) is 12.0. The summed E-state index contributed by atoms with van der Waals surface area (Å²) in [6, 6.07) is 24.5. The SMILES string of the molecule is COc1ccc(Cn2c3cc(-c4ccc(Cl)cc4Cl)c[c]c3c3c(C(N)=O)cccc32)cc1C. The van der Waals surface area contributed by atoms with Crippen LogP contribution in [0, 0.1) is 13.0 Å². The van der Waals surface area contributed by atoms with Crippen molar-refractivity contribution in [1.29, 1.82) is 0 Å². The Morgan fingerprint density at radius 2 is 1.88 bits per heavy atom. The van der Waals surface area contributed by atoms with E-state index in [-0.39, 0.29) is 0 Å². The molecule has 0 saturated carbocycles. The fourth-order valence-electron chi connectivity index (χ4n) is 4.53. The highest BCUT2D eigenvalue weighted by atomic mass is 35.5. The lowest BCUT2D eigenvalue weighted by Gasteiger charge is -2.12. The lowest BCUT2D eigenvalue weighted by molar-refractivity contribution is 0.100. The van der Waals surface area contributed by atoms with Crippen molar-refractivity contribution in [3.05, 3.63) is 99.5 Å². The normalized spacial score (nSPS) is 11.3. The predicted octanol–water partition coefficient (Wildman–Crippen LogP) is 7.03. The summed E-state index contributed by atoms with van der Waals surface area (Å²) in [5, 5.41) is 2.77. The number of halogens is 2. The summed E-state index contributed by atoms with van der Waals surface area (Å²) < 4.78 is 7.60. The minimum Gasteiger partial charge on any atom is -0.496 e. The summed E-state index contributed by atoms with van der Waals surface area (Å²) >= 11 is 12.6. The quantitative estimate of drug-likeness (QED) is 0.289. The van der Waals surface area contributed by atoms with Crippen LogP contribution in [-0.4, -0.2) is 17.6 Å². The van der Waals surface area contributed by atoms with Crippen LogP contribution in [0.1, 0.15) is 21.5 Å². The van der Waals surface area contributed by atoms with Gasteiger partial charge in [-0.25, -0.2) is 0 Å². The van der Waals surface area contributed by atoms with Crippen molar-refractivity contribution in [1.82, 2.24) is 4.57 Å². The molecule has 0 atom stereocenters. The summed E-state index contributed by atoms with van der Waals surface area (Å²) in [6.45, 7) is 2.62. The Morgan fingerprint density at radius 1 is 1.06 bits per heavy atom. The second-order valence-electron chi connectivity index (χ2n) is 8.23. The Bertz CT molecular complexity index is 1590. The number of rotatable bonds is 5. The van der Waals surface area contributed by atoms with E-state index < -0.39 is 5.91 Å². The number of methoxy groups -OCH3 is 1. The molecule has 1 aromatic heterocycles. The van der Waals surface area contributed by atoms with Gasteiger partial charge in [0.05, 0.1) is 18.1 Å². The van der Waals surface area contributed by atoms with Crippen molar-refractivity contribution in [2.45, 2.75) is 13.5 Å². The Balaban J connectivity index is 1.77. The molecule has 0 spiro atoms. The zero-order valence-electron chi connectivity index (χ0n) is 18.7. The Hall–Kier alpha value is -3.47. The molecular formula is C28H21Cl2N2O2. The first-order valence-electron chi connectivity index (χ1n) is 10.7. The highest BCUT2D eigenvalue weighted by Crippen LogP contribution is 2.37. The van der Waals surface area contributed by atoms with Crippen molar-refractivity contribution in [3.8, 4) is 16.9 Å². The topological polar surface area (TPSA) is 57.2 Å². The summed E-state index contributed by atoms with van der Waals surface area (Å²) in [7, 11) is 1.67. The van der Waals surface area contributed by atoms with Gasteiger partial charge in [0.1, 0.15) is 5.75 Å². The van der Waals surface area contributed by atoms with E-state index in [1.807, 2.05) is 49.4 Å². The maximum atomic E-state index is 12.3. The molecule has 1 amide bonds. The van der Waals surface area contributed by atoms with E-state index in [9.17, 15) is 4.79 Å². The standard InChI is InChI=1S/C28H21Cl2N2O2/c1-16-12-17(6-11-26(16)34-2)15-32-24-5-3-4-22(28(31)33)27(24)21-9-7-18(13-25(21)32)20-10-8-19(29)14-23(20)30/h3-8,10-14H,15H2,1-2H3,(H2,31,33). The maximum Gasteiger partial charge on any atom is 0.249 e. The molecule has 2 N–H and O–H groups in total. The van der Waals surface area contributed by atoms with Gasteiger partial charge in [-0.05, 0) is 72.1 Å². The molecule has 4 aromatic carbocycles. The largest absolute Gasteiger partial charge is 0.496 e. The number of carbonyl (C=O) groups excluding carboxylic acids is 1. The third-order valence-corrected chi connectivity index (χ3v) is 6.65. The minimum atomic E-state index is -0.469. The van der Waals surface area contributed by atoms with Crippen molar-refractivity contribution >= 4 is 50.9 Å². The highest BCUT2D eigenvalue weighted by molar-refractivity contribution is 6.36. The zero-order chi connectivity index (χ0) is 24.0. The molecule has 1 heterocycles. The highest BCUT2D eigenvalue weighted by Gasteiger charge is 2.18. The zero-order valence-corrected chi connectivity index (χ0v) is 20.2. The van der Waals surface area contributed by atoms with E-state index in [0.717, 1.165) is 49.8 Å². The fourth-order valence-corrected chi connectivity index (χ4v) is 5.05. The molecule has 5 aromatic rings. The summed E-state index contributed by atoms with van der Waals surface area (Å²) in [6.07, 6.45) is 0. The van der Waals surface area contributed by atoms with Gasteiger partial charge in [-0.2, -0.15) is 0 Å². The number of nitrogens with zero attached hydrogens (tertiary/aromatic N) is 1. The van der Waals surface area contributed by atoms with Crippen molar-refractivity contribution in [2.75, 3.05) is 7.11 Å². The van der Waals surface area contributed by atoms with Gasteiger partial charge in [0.15, 0.2) is 0 Å². The van der Waals surface area contributed by atoms with E-state index in [4.69, 9.17) is 33.7 Å². The lowest BCUT2D eigenvalue weighted by atomic mass is 10.0. The molecule has 0 bridgehead atoms. The van der Waals surface area contributed by atoms with Gasteiger partial charge in [0.25, 0.3) is 0 Å². The average Bonchev–Trinajstić information content (AvgIpc) is 3.12. The van der Waals surface area contributed by atoms with E-state index in [2.05, 4.69) is 22.8 Å². The molecule has 34 heavy (non-hydrogen) atoms. The predicted molar refractivity (Wildman–Crippen MR) is 139 cm³/mol. The van der Waals surface area contributed by atoms with Crippen LogP contribution in [0.3, 0.4) is 0 Å². The van der Waals surface area contributed by atoms with Crippen molar-refractivity contribution in [2.24, 2.45) is 5.73 Å². The Labute approximate surface area is 207 Å². The Kier molecular flexibility index (Phi) is 5.72. The number of primary amides is 1. The van der Waals surface area contributed by atoms with Gasteiger partial charge in [-0.15, -0.1) is 0 Å². The van der Waals surface area contributed by atoms with E-state index >= 15 is 0 Å². The molecule has 0 saturated heterocycles. The van der Waals surface area contributed by atoms with Crippen LogP contribution < -0.4 is 10.5 Å². The lowest BCUT2D eigenvalue weighted by Crippen LogP contribution is -2.11. The maximum absolute atomic E-state index is 12.3. The number of hydrogen-bond donors (Lipinski definition) is 1. The number of amides is 1. The molecule has 0 aliphatic carbocycles. The number of aryl methyl sites for hydroxylation is 1. The van der Waals surface area contributed by atoms with Crippen LogP contribution in [0.25, 0.3) is 32.9 Å². The number of nitrogens with two attached hydrogens (primary N) is 1. The first kappa shape index (κ1) is 22.3. The second kappa shape index (κ2) is 8.71. The van der Waals surface area contributed by atoms with Gasteiger partial charge in [0.2, 0.25) is 5.91 Å². The van der Waals surface area contributed by atoms with Crippen molar-refractivity contribution in [3.63, 3.8) is 0 Å². The molecule has 4 nitrogen and oxygen atoms in total. The van der Waals surface area contributed by atoms with Crippen LogP contribution in [0.5, 0.6) is 5.75 Å². The molecule has 0 unspecified atom stereocenters. The molecular weight excluding hydrogens is 467 g/mol. The van der Waals surface area contributed by atoms with Gasteiger partial charge in [-0.3, -0.25) is 4.79 Å². The van der Waals surface area contributed by atoms with Gasteiger partial charge in [0, 0.05) is 38.5 Å². The average molecular weight is 488 g/mol. The summed E-state index contributed by atoms with van der Waals surface area (Å²) in [5.74, 6) is 0.373.